The third kappa shape index (κ3) is 4.57. The highest BCUT2D eigenvalue weighted by Gasteiger charge is 2.20. The topological polar surface area (TPSA) is 60.5 Å². The first kappa shape index (κ1) is 22.2. The van der Waals surface area contributed by atoms with Crippen LogP contribution in [0.3, 0.4) is 0 Å². The lowest BCUT2D eigenvalue weighted by Crippen LogP contribution is -2.15. The van der Waals surface area contributed by atoms with Gasteiger partial charge in [0.1, 0.15) is 11.5 Å². The van der Waals surface area contributed by atoms with E-state index in [1.807, 2.05) is 110 Å². The third-order valence-corrected chi connectivity index (χ3v) is 5.83. The summed E-state index contributed by atoms with van der Waals surface area (Å²) in [5, 5.41) is 3.86. The van der Waals surface area contributed by atoms with Crippen LogP contribution < -0.4 is 14.8 Å². The van der Waals surface area contributed by atoms with Gasteiger partial charge in [0.2, 0.25) is 0 Å². The van der Waals surface area contributed by atoms with E-state index in [4.69, 9.17) is 14.5 Å². The van der Waals surface area contributed by atoms with Crippen LogP contribution in [0.1, 0.15) is 15.9 Å². The van der Waals surface area contributed by atoms with Gasteiger partial charge in [0.05, 0.1) is 29.6 Å². The highest BCUT2D eigenvalue weighted by Crippen LogP contribution is 2.33. The number of nitrogens with one attached hydrogen (secondary N) is 1. The first-order chi connectivity index (χ1) is 17.1. The highest BCUT2D eigenvalue weighted by molar-refractivity contribution is 6.14. The van der Waals surface area contributed by atoms with Gasteiger partial charge in [0, 0.05) is 10.9 Å². The van der Waals surface area contributed by atoms with Crippen LogP contribution in [-0.2, 0) is 0 Å². The van der Waals surface area contributed by atoms with Crippen molar-refractivity contribution in [3.63, 3.8) is 0 Å². The minimum absolute atomic E-state index is 0.222. The molecule has 5 nitrogen and oxygen atoms in total. The van der Waals surface area contributed by atoms with Crippen LogP contribution in [-0.4, -0.2) is 18.0 Å². The maximum atomic E-state index is 13.7. The Balaban J connectivity index is 1.56. The quantitative estimate of drug-likeness (QED) is 0.290. The molecular formula is C30H24N2O3. The molecule has 172 valence electrons. The SMILES string of the molecule is COc1ccc(-c2nc3ccccc3c(C(=O)Nc3ccccc3Oc3ccccc3)c2C)cc1. The van der Waals surface area contributed by atoms with E-state index in [1.54, 1.807) is 7.11 Å². The number of hydrogen-bond donors (Lipinski definition) is 1. The van der Waals surface area contributed by atoms with E-state index in [2.05, 4.69) is 5.32 Å². The molecule has 0 saturated heterocycles. The number of hydrogen-bond acceptors (Lipinski definition) is 4. The molecule has 0 unspecified atom stereocenters. The number of nitrogens with zero attached hydrogens (tertiary/aromatic N) is 1. The molecule has 35 heavy (non-hydrogen) atoms. The van der Waals surface area contributed by atoms with E-state index in [1.165, 1.54) is 0 Å². The van der Waals surface area contributed by atoms with Gasteiger partial charge < -0.3 is 14.8 Å². The summed E-state index contributed by atoms with van der Waals surface area (Å²) in [5.41, 5.74) is 4.39. The van der Waals surface area contributed by atoms with Crippen LogP contribution in [0.2, 0.25) is 0 Å². The molecule has 0 aliphatic rings. The molecule has 5 heteroatoms. The molecule has 0 aliphatic carbocycles. The summed E-state index contributed by atoms with van der Waals surface area (Å²) in [6, 6.07) is 32.3. The summed E-state index contributed by atoms with van der Waals surface area (Å²) in [6.07, 6.45) is 0. The van der Waals surface area contributed by atoms with Gasteiger partial charge in [-0.05, 0) is 67.1 Å². The van der Waals surface area contributed by atoms with E-state index in [-0.39, 0.29) is 5.91 Å². The minimum Gasteiger partial charge on any atom is -0.497 e. The Labute approximate surface area is 204 Å². The number of carbonyl (C=O) groups is 1. The van der Waals surface area contributed by atoms with Gasteiger partial charge in [-0.15, -0.1) is 0 Å². The lowest BCUT2D eigenvalue weighted by molar-refractivity contribution is 0.102. The van der Waals surface area contributed by atoms with Crippen molar-refractivity contribution >= 4 is 22.5 Å². The fraction of sp³-hybridized carbons (Fsp3) is 0.0667. The molecule has 5 aromatic rings. The zero-order valence-electron chi connectivity index (χ0n) is 19.5. The Morgan fingerprint density at radius 1 is 0.771 bits per heavy atom. The Hall–Kier alpha value is -4.64. The van der Waals surface area contributed by atoms with Crippen molar-refractivity contribution in [2.24, 2.45) is 0 Å². The minimum atomic E-state index is -0.222. The average Bonchev–Trinajstić information content (AvgIpc) is 2.90. The number of amides is 1. The molecular weight excluding hydrogens is 436 g/mol. The lowest BCUT2D eigenvalue weighted by Gasteiger charge is -2.16. The summed E-state index contributed by atoms with van der Waals surface area (Å²) in [6.45, 7) is 1.93. The third-order valence-electron chi connectivity index (χ3n) is 5.83. The van der Waals surface area contributed by atoms with Crippen LogP contribution >= 0.6 is 0 Å². The van der Waals surface area contributed by atoms with Crippen LogP contribution in [0.5, 0.6) is 17.2 Å². The molecule has 0 bridgehead atoms. The fourth-order valence-electron chi connectivity index (χ4n) is 4.09. The predicted molar refractivity (Wildman–Crippen MR) is 139 cm³/mol. The number of para-hydroxylation sites is 4. The monoisotopic (exact) mass is 460 g/mol. The van der Waals surface area contributed by atoms with Gasteiger partial charge in [-0.2, -0.15) is 0 Å². The Morgan fingerprint density at radius 3 is 2.23 bits per heavy atom. The normalized spacial score (nSPS) is 10.7. The van der Waals surface area contributed by atoms with E-state index in [0.717, 1.165) is 33.5 Å². The Morgan fingerprint density at radius 2 is 1.46 bits per heavy atom. The zero-order chi connectivity index (χ0) is 24.2. The summed E-state index contributed by atoms with van der Waals surface area (Å²) in [5.74, 6) is 1.81. The summed E-state index contributed by atoms with van der Waals surface area (Å²) >= 11 is 0. The molecule has 0 saturated carbocycles. The van der Waals surface area contributed by atoms with Gasteiger partial charge in [0.15, 0.2) is 5.75 Å². The molecule has 4 aromatic carbocycles. The summed E-state index contributed by atoms with van der Waals surface area (Å²) in [7, 11) is 1.64. The van der Waals surface area contributed by atoms with E-state index >= 15 is 0 Å². The molecule has 0 aliphatic heterocycles. The van der Waals surface area contributed by atoms with Crippen molar-refractivity contribution in [3.8, 4) is 28.5 Å². The summed E-state index contributed by atoms with van der Waals surface area (Å²) in [4.78, 5) is 18.6. The van der Waals surface area contributed by atoms with E-state index in [0.29, 0.717) is 22.7 Å². The molecule has 1 heterocycles. The molecule has 1 N–H and O–H groups in total. The number of rotatable bonds is 6. The van der Waals surface area contributed by atoms with Crippen molar-refractivity contribution in [1.29, 1.82) is 0 Å². The Bertz CT molecular complexity index is 1500. The van der Waals surface area contributed by atoms with E-state index in [9.17, 15) is 4.79 Å². The predicted octanol–water partition coefficient (Wildman–Crippen LogP) is 7.26. The number of aromatic nitrogens is 1. The number of ether oxygens (including phenoxy) is 2. The second-order valence-electron chi connectivity index (χ2n) is 8.07. The number of fused-ring (bicyclic) bond motifs is 1. The fourth-order valence-corrected chi connectivity index (χ4v) is 4.09. The number of pyridine rings is 1. The molecule has 0 fully saturated rings. The number of anilines is 1. The summed E-state index contributed by atoms with van der Waals surface area (Å²) < 4.78 is 11.3. The Kier molecular flexibility index (Phi) is 6.14. The molecule has 1 amide bonds. The number of benzene rings is 4. The van der Waals surface area contributed by atoms with Crippen molar-refractivity contribution in [2.75, 3.05) is 12.4 Å². The first-order valence-corrected chi connectivity index (χ1v) is 11.3. The maximum absolute atomic E-state index is 13.7. The number of carbonyl (C=O) groups excluding carboxylic acids is 1. The van der Waals surface area contributed by atoms with Gasteiger partial charge in [-0.25, -0.2) is 4.98 Å². The van der Waals surface area contributed by atoms with E-state index < -0.39 is 0 Å². The molecule has 1 aromatic heterocycles. The maximum Gasteiger partial charge on any atom is 0.256 e. The van der Waals surface area contributed by atoms with Gasteiger partial charge >= 0.3 is 0 Å². The van der Waals surface area contributed by atoms with Crippen molar-refractivity contribution < 1.29 is 14.3 Å². The van der Waals surface area contributed by atoms with Crippen LogP contribution in [0.4, 0.5) is 5.69 Å². The number of methoxy groups -OCH3 is 1. The molecule has 0 radical (unpaired) electrons. The van der Waals surface area contributed by atoms with Crippen LogP contribution in [0, 0.1) is 6.92 Å². The van der Waals surface area contributed by atoms with Crippen molar-refractivity contribution in [1.82, 2.24) is 4.98 Å². The van der Waals surface area contributed by atoms with Crippen molar-refractivity contribution in [3.05, 3.63) is 114 Å². The smallest absolute Gasteiger partial charge is 0.256 e. The van der Waals surface area contributed by atoms with Gasteiger partial charge in [-0.3, -0.25) is 4.79 Å². The molecule has 5 rings (SSSR count). The zero-order valence-corrected chi connectivity index (χ0v) is 19.5. The van der Waals surface area contributed by atoms with Crippen molar-refractivity contribution in [2.45, 2.75) is 6.92 Å². The standard InChI is InChI=1S/C30H24N2O3/c1-20-28(30(33)32-26-14-8-9-15-27(26)35-23-10-4-3-5-11-23)24-12-6-7-13-25(24)31-29(20)21-16-18-22(34-2)19-17-21/h3-19H,1-2H3,(H,32,33). The lowest BCUT2D eigenvalue weighted by atomic mass is 9.97. The van der Waals surface area contributed by atoms with Crippen LogP contribution in [0.25, 0.3) is 22.2 Å². The second kappa shape index (κ2) is 9.69. The highest BCUT2D eigenvalue weighted by atomic mass is 16.5. The molecule has 0 spiro atoms. The van der Waals surface area contributed by atoms with Gasteiger partial charge in [0.25, 0.3) is 5.91 Å². The second-order valence-corrected chi connectivity index (χ2v) is 8.07. The first-order valence-electron chi connectivity index (χ1n) is 11.3. The largest absolute Gasteiger partial charge is 0.497 e. The molecule has 0 atom stereocenters. The average molecular weight is 461 g/mol. The van der Waals surface area contributed by atoms with Crippen LogP contribution in [0.15, 0.2) is 103 Å². The van der Waals surface area contributed by atoms with Gasteiger partial charge in [-0.1, -0.05) is 48.5 Å².